The van der Waals surface area contributed by atoms with Gasteiger partial charge in [0.25, 0.3) is 10.2 Å². The Kier molecular flexibility index (Phi) is 5.21. The summed E-state index contributed by atoms with van der Waals surface area (Å²) in [5, 5.41) is 4.35. The third-order valence-corrected chi connectivity index (χ3v) is 6.44. The van der Waals surface area contributed by atoms with Gasteiger partial charge in [-0.15, -0.1) is 0 Å². The van der Waals surface area contributed by atoms with Crippen molar-refractivity contribution in [1.82, 2.24) is 23.4 Å². The molecule has 25 heavy (non-hydrogen) atoms. The highest BCUT2D eigenvalue weighted by molar-refractivity contribution is 7.86. The van der Waals surface area contributed by atoms with E-state index in [1.165, 1.54) is 4.31 Å². The molecule has 1 aliphatic rings. The van der Waals surface area contributed by atoms with Crippen LogP contribution < -0.4 is 0 Å². The molecule has 0 amide bonds. The highest BCUT2D eigenvalue weighted by Gasteiger charge is 2.37. The van der Waals surface area contributed by atoms with Crippen LogP contribution in [0.1, 0.15) is 37.9 Å². The van der Waals surface area contributed by atoms with Crippen molar-refractivity contribution in [1.29, 1.82) is 0 Å². The lowest BCUT2D eigenvalue weighted by atomic mass is 10.1. The first-order valence-electron chi connectivity index (χ1n) is 8.63. The second kappa shape index (κ2) is 7.23. The topological polar surface area (TPSA) is 71.3 Å². The Labute approximate surface area is 149 Å². The normalized spacial score (nSPS) is 19.0. The maximum atomic E-state index is 12.6. The standard InChI is InChI=1S/C17H25N5O2S/c1-4-12-21-16(10-11-18-21)14-7-5-8-15(19-14)17-9-6-13-22(17)25(23,24)20(2)3/h5,7-8,10-11,17H,4,6,9,12-13H2,1-3H3/t17-/m0/s1. The Morgan fingerprint density at radius 1 is 1.28 bits per heavy atom. The van der Waals surface area contributed by atoms with Gasteiger partial charge in [-0.3, -0.25) is 4.68 Å². The first-order valence-corrected chi connectivity index (χ1v) is 10.0. The largest absolute Gasteiger partial charge is 0.282 e. The molecule has 0 aliphatic carbocycles. The van der Waals surface area contributed by atoms with Gasteiger partial charge in [0, 0.05) is 33.4 Å². The zero-order chi connectivity index (χ0) is 18.0. The fourth-order valence-electron chi connectivity index (χ4n) is 3.24. The molecule has 2 aromatic rings. The summed E-state index contributed by atoms with van der Waals surface area (Å²) in [4.78, 5) is 4.78. The maximum absolute atomic E-state index is 12.6. The van der Waals surface area contributed by atoms with Crippen LogP contribution >= 0.6 is 0 Å². The first kappa shape index (κ1) is 18.0. The quantitative estimate of drug-likeness (QED) is 0.789. The fourth-order valence-corrected chi connectivity index (χ4v) is 4.56. The van der Waals surface area contributed by atoms with Crippen molar-refractivity contribution in [3.8, 4) is 11.4 Å². The monoisotopic (exact) mass is 363 g/mol. The van der Waals surface area contributed by atoms with E-state index in [0.29, 0.717) is 6.54 Å². The van der Waals surface area contributed by atoms with Crippen LogP contribution in [0.15, 0.2) is 30.5 Å². The Hall–Kier alpha value is -1.77. The summed E-state index contributed by atoms with van der Waals surface area (Å²) in [7, 11) is -0.314. The smallest absolute Gasteiger partial charge is 0.263 e. The molecule has 0 N–H and O–H groups in total. The van der Waals surface area contributed by atoms with Crippen LogP contribution in [0.2, 0.25) is 0 Å². The predicted octanol–water partition coefficient (Wildman–Crippen LogP) is 2.30. The van der Waals surface area contributed by atoms with Crippen LogP contribution in [0.25, 0.3) is 11.4 Å². The molecular weight excluding hydrogens is 338 g/mol. The molecule has 0 radical (unpaired) electrons. The average molecular weight is 363 g/mol. The molecule has 3 rings (SSSR count). The molecule has 1 fully saturated rings. The van der Waals surface area contributed by atoms with Gasteiger partial charge in [-0.1, -0.05) is 13.0 Å². The predicted molar refractivity (Wildman–Crippen MR) is 97.0 cm³/mol. The average Bonchev–Trinajstić information content (AvgIpc) is 3.24. The number of aryl methyl sites for hydroxylation is 1. The molecule has 8 heteroatoms. The summed E-state index contributed by atoms with van der Waals surface area (Å²) < 4.78 is 29.9. The number of rotatable bonds is 6. The fraction of sp³-hybridized carbons (Fsp3) is 0.529. The van der Waals surface area contributed by atoms with E-state index >= 15 is 0 Å². The summed E-state index contributed by atoms with van der Waals surface area (Å²) in [6, 6.07) is 7.55. The molecule has 0 aromatic carbocycles. The van der Waals surface area contributed by atoms with Crippen molar-refractivity contribution < 1.29 is 8.42 Å². The minimum absolute atomic E-state index is 0.213. The Morgan fingerprint density at radius 3 is 2.80 bits per heavy atom. The van der Waals surface area contributed by atoms with Gasteiger partial charge in [-0.2, -0.15) is 22.1 Å². The second-order valence-electron chi connectivity index (χ2n) is 6.45. The van der Waals surface area contributed by atoms with Crippen molar-refractivity contribution in [2.24, 2.45) is 0 Å². The van der Waals surface area contributed by atoms with Gasteiger partial charge < -0.3 is 0 Å². The number of hydrogen-bond acceptors (Lipinski definition) is 4. The lowest BCUT2D eigenvalue weighted by Crippen LogP contribution is -2.39. The second-order valence-corrected chi connectivity index (χ2v) is 8.54. The molecule has 1 aliphatic heterocycles. The molecule has 0 unspecified atom stereocenters. The molecule has 0 spiro atoms. The van der Waals surface area contributed by atoms with Crippen LogP contribution in [0.4, 0.5) is 0 Å². The molecule has 2 aromatic heterocycles. The molecule has 1 saturated heterocycles. The zero-order valence-electron chi connectivity index (χ0n) is 15.0. The van der Waals surface area contributed by atoms with E-state index in [-0.39, 0.29) is 6.04 Å². The summed E-state index contributed by atoms with van der Waals surface area (Å²) in [6.45, 7) is 3.47. The van der Waals surface area contributed by atoms with Gasteiger partial charge in [0.2, 0.25) is 0 Å². The molecule has 136 valence electrons. The highest BCUT2D eigenvalue weighted by atomic mass is 32.2. The van der Waals surface area contributed by atoms with E-state index in [2.05, 4.69) is 12.0 Å². The number of aromatic nitrogens is 3. The van der Waals surface area contributed by atoms with E-state index in [4.69, 9.17) is 4.98 Å². The van der Waals surface area contributed by atoms with Crippen molar-refractivity contribution in [2.45, 2.75) is 38.8 Å². The highest BCUT2D eigenvalue weighted by Crippen LogP contribution is 2.34. The van der Waals surface area contributed by atoms with E-state index in [1.807, 2.05) is 28.9 Å². The molecule has 3 heterocycles. The Morgan fingerprint density at radius 2 is 2.08 bits per heavy atom. The molecule has 0 bridgehead atoms. The minimum Gasteiger partial charge on any atom is -0.263 e. The molecule has 1 atom stereocenters. The van der Waals surface area contributed by atoms with E-state index < -0.39 is 10.2 Å². The maximum Gasteiger partial charge on any atom is 0.282 e. The summed E-state index contributed by atoms with van der Waals surface area (Å²) in [5.41, 5.74) is 2.59. The van der Waals surface area contributed by atoms with Crippen molar-refractivity contribution in [3.63, 3.8) is 0 Å². The third-order valence-electron chi connectivity index (χ3n) is 4.49. The van der Waals surface area contributed by atoms with Gasteiger partial charge in [-0.05, 0) is 37.5 Å². The van der Waals surface area contributed by atoms with Gasteiger partial charge in [0.1, 0.15) is 0 Å². The van der Waals surface area contributed by atoms with Gasteiger partial charge in [0.15, 0.2) is 0 Å². The van der Waals surface area contributed by atoms with Gasteiger partial charge >= 0.3 is 0 Å². The van der Waals surface area contributed by atoms with Crippen LogP contribution in [0.3, 0.4) is 0 Å². The van der Waals surface area contributed by atoms with E-state index in [0.717, 1.165) is 42.9 Å². The molecule has 7 nitrogen and oxygen atoms in total. The number of pyridine rings is 1. The summed E-state index contributed by atoms with van der Waals surface area (Å²) in [6.07, 6.45) is 4.40. The molecule has 0 saturated carbocycles. The Balaban J connectivity index is 1.95. The van der Waals surface area contributed by atoms with Crippen LogP contribution in [0, 0.1) is 0 Å². The minimum atomic E-state index is -3.45. The van der Waals surface area contributed by atoms with Crippen LogP contribution in [-0.4, -0.2) is 52.4 Å². The summed E-state index contributed by atoms with van der Waals surface area (Å²) >= 11 is 0. The summed E-state index contributed by atoms with van der Waals surface area (Å²) in [5.74, 6) is 0. The van der Waals surface area contributed by atoms with E-state index in [9.17, 15) is 8.42 Å². The first-order chi connectivity index (χ1) is 11.9. The van der Waals surface area contributed by atoms with Gasteiger partial charge in [0.05, 0.1) is 23.1 Å². The lowest BCUT2D eigenvalue weighted by molar-refractivity contribution is 0.358. The third kappa shape index (κ3) is 3.47. The number of nitrogens with zero attached hydrogens (tertiary/aromatic N) is 5. The zero-order valence-corrected chi connectivity index (χ0v) is 15.8. The number of hydrogen-bond donors (Lipinski definition) is 0. The lowest BCUT2D eigenvalue weighted by Gasteiger charge is -2.26. The van der Waals surface area contributed by atoms with Crippen molar-refractivity contribution in [3.05, 3.63) is 36.2 Å². The van der Waals surface area contributed by atoms with Crippen LogP contribution in [-0.2, 0) is 16.8 Å². The van der Waals surface area contributed by atoms with Crippen molar-refractivity contribution in [2.75, 3.05) is 20.6 Å². The van der Waals surface area contributed by atoms with Crippen molar-refractivity contribution >= 4 is 10.2 Å². The molecular formula is C17H25N5O2S. The van der Waals surface area contributed by atoms with Gasteiger partial charge in [-0.25, -0.2) is 4.98 Å². The Bertz CT molecular complexity index is 831. The van der Waals surface area contributed by atoms with Crippen LogP contribution in [0.5, 0.6) is 0 Å². The van der Waals surface area contributed by atoms with E-state index in [1.54, 1.807) is 24.6 Å². The SMILES string of the molecule is CCCn1nccc1-c1cccc([C@@H]2CCCN2S(=O)(=O)N(C)C)n1.